The molecule has 0 aromatic rings. The number of allylic oxidation sites excluding steroid dienone is 2. The van der Waals surface area contributed by atoms with E-state index in [1.165, 1.54) is 43.8 Å². The third kappa shape index (κ3) is 2.36. The van der Waals surface area contributed by atoms with Gasteiger partial charge in [0.25, 0.3) is 0 Å². The number of halogens is 1. The summed E-state index contributed by atoms with van der Waals surface area (Å²) in [7, 11) is 0. The Morgan fingerprint density at radius 2 is 2.36 bits per heavy atom. The lowest BCUT2D eigenvalue weighted by molar-refractivity contribution is 0.408. The van der Waals surface area contributed by atoms with Crippen molar-refractivity contribution in [1.29, 1.82) is 0 Å². The summed E-state index contributed by atoms with van der Waals surface area (Å²) in [5.74, 6) is 2.60. The second-order valence-electron chi connectivity index (χ2n) is 5.15. The lowest BCUT2D eigenvalue weighted by atomic mass is 9.35. The zero-order chi connectivity index (χ0) is 9.97. The molecule has 0 radical (unpaired) electrons. The van der Waals surface area contributed by atoms with Crippen molar-refractivity contribution in [3.63, 3.8) is 0 Å². The van der Waals surface area contributed by atoms with Gasteiger partial charge in [-0.05, 0) is 24.7 Å². The van der Waals surface area contributed by atoms with E-state index in [4.69, 9.17) is 11.6 Å². The summed E-state index contributed by atoms with van der Waals surface area (Å²) in [6.07, 6.45) is 10.9. The summed E-state index contributed by atoms with van der Waals surface area (Å²) in [6, 6.07) is 0. The molecule has 14 heavy (non-hydrogen) atoms. The van der Waals surface area contributed by atoms with Gasteiger partial charge in [0.1, 0.15) is 6.71 Å². The molecule has 1 saturated heterocycles. The Labute approximate surface area is 93.2 Å². The second-order valence-corrected chi connectivity index (χ2v) is 5.42. The zero-order valence-electron chi connectivity index (χ0n) is 9.14. The average molecular weight is 211 g/mol. The Hall–Kier alpha value is 0.0949. The van der Waals surface area contributed by atoms with Gasteiger partial charge < -0.3 is 0 Å². The minimum atomic E-state index is 0.769. The minimum absolute atomic E-state index is 0.769. The van der Waals surface area contributed by atoms with Crippen molar-refractivity contribution in [2.24, 2.45) is 11.8 Å². The highest BCUT2D eigenvalue weighted by Crippen LogP contribution is 2.40. The van der Waals surface area contributed by atoms with Crippen LogP contribution in [0, 0.1) is 11.8 Å². The molecule has 1 aliphatic carbocycles. The van der Waals surface area contributed by atoms with Crippen LogP contribution in [0.2, 0.25) is 19.0 Å². The van der Waals surface area contributed by atoms with Crippen LogP contribution in [0.1, 0.15) is 26.2 Å². The van der Waals surface area contributed by atoms with Crippen LogP contribution >= 0.6 is 11.6 Å². The van der Waals surface area contributed by atoms with E-state index >= 15 is 0 Å². The van der Waals surface area contributed by atoms with E-state index < -0.39 is 0 Å². The first kappa shape index (κ1) is 10.6. The first-order chi connectivity index (χ1) is 6.81. The first-order valence-corrected chi connectivity index (χ1v) is 6.60. The van der Waals surface area contributed by atoms with E-state index in [1.807, 2.05) is 0 Å². The van der Waals surface area contributed by atoms with E-state index in [0.717, 1.165) is 24.4 Å². The molecule has 2 bridgehead atoms. The van der Waals surface area contributed by atoms with E-state index in [1.54, 1.807) is 0 Å². The Morgan fingerprint density at radius 3 is 3.00 bits per heavy atom. The highest BCUT2D eigenvalue weighted by molar-refractivity contribution is 6.59. The quantitative estimate of drug-likeness (QED) is 0.374. The van der Waals surface area contributed by atoms with Crippen LogP contribution < -0.4 is 0 Å². The molecule has 0 nitrogen and oxygen atoms in total. The molecule has 0 amide bonds. The van der Waals surface area contributed by atoms with Gasteiger partial charge in [0.05, 0.1) is 0 Å². The van der Waals surface area contributed by atoms with Crippen LogP contribution in [0.4, 0.5) is 0 Å². The highest BCUT2D eigenvalue weighted by Gasteiger charge is 2.32. The van der Waals surface area contributed by atoms with Crippen molar-refractivity contribution in [2.45, 2.75) is 45.1 Å². The summed E-state index contributed by atoms with van der Waals surface area (Å²) in [5.41, 5.74) is 1.52. The average Bonchev–Trinajstić information content (AvgIpc) is 2.16. The van der Waals surface area contributed by atoms with Crippen molar-refractivity contribution in [1.82, 2.24) is 0 Å². The predicted octanol–water partition coefficient (Wildman–Crippen LogP) is 4.10. The zero-order valence-corrected chi connectivity index (χ0v) is 9.89. The molecule has 1 heterocycles. The molecule has 2 atom stereocenters. The summed E-state index contributed by atoms with van der Waals surface area (Å²) >= 11 is 5.92. The van der Waals surface area contributed by atoms with Crippen LogP contribution in [0.5, 0.6) is 0 Å². The molecule has 2 unspecified atom stereocenters. The fourth-order valence-electron chi connectivity index (χ4n) is 3.43. The van der Waals surface area contributed by atoms with Crippen molar-refractivity contribution in [3.8, 4) is 0 Å². The van der Waals surface area contributed by atoms with Crippen molar-refractivity contribution in [3.05, 3.63) is 11.6 Å². The molecule has 1 aliphatic heterocycles. The predicted molar refractivity (Wildman–Crippen MR) is 65.5 cm³/mol. The van der Waals surface area contributed by atoms with Gasteiger partial charge in [-0.15, -0.1) is 11.6 Å². The lowest BCUT2D eigenvalue weighted by Crippen LogP contribution is -2.30. The summed E-state index contributed by atoms with van der Waals surface area (Å²) in [6.45, 7) is 3.32. The Balaban J connectivity index is 1.98. The maximum atomic E-state index is 5.92. The molecule has 2 rings (SSSR count). The third-order valence-electron chi connectivity index (χ3n) is 3.83. The third-order valence-corrected chi connectivity index (χ3v) is 4.17. The van der Waals surface area contributed by atoms with E-state index in [-0.39, 0.29) is 0 Å². The van der Waals surface area contributed by atoms with Gasteiger partial charge in [0.2, 0.25) is 0 Å². The number of alkyl halides is 1. The SMILES string of the molecule is CCCB1CC2C=C(CCl)CC(C1)C2. The molecular weight excluding hydrogens is 190 g/mol. The molecule has 78 valence electrons. The number of fused-ring (bicyclic) bond motifs is 2. The van der Waals surface area contributed by atoms with Gasteiger partial charge in [0.15, 0.2) is 0 Å². The normalized spacial score (nSPS) is 31.6. The maximum Gasteiger partial charge on any atom is 0.140 e. The standard InChI is InChI=1S/C12H20BCl/c1-2-3-13-7-10-4-11(8-13)6-12(5-10)9-14/h5,10-11H,2-4,6-9H2,1H3. The van der Waals surface area contributed by atoms with Gasteiger partial charge in [-0.3, -0.25) is 0 Å². The van der Waals surface area contributed by atoms with Gasteiger partial charge in [0, 0.05) is 5.88 Å². The maximum absolute atomic E-state index is 5.92. The summed E-state index contributed by atoms with van der Waals surface area (Å²) < 4.78 is 0. The molecule has 0 aromatic heterocycles. The van der Waals surface area contributed by atoms with Gasteiger partial charge >= 0.3 is 0 Å². The second kappa shape index (κ2) is 4.74. The summed E-state index contributed by atoms with van der Waals surface area (Å²) in [4.78, 5) is 0. The smallest absolute Gasteiger partial charge is 0.122 e. The molecule has 1 fully saturated rings. The fourth-order valence-corrected chi connectivity index (χ4v) is 3.63. The first-order valence-electron chi connectivity index (χ1n) is 6.07. The molecule has 0 aromatic carbocycles. The van der Waals surface area contributed by atoms with Crippen LogP contribution in [0.15, 0.2) is 11.6 Å². The Bertz CT molecular complexity index is 224. The number of hydrogen-bond donors (Lipinski definition) is 0. The topological polar surface area (TPSA) is 0 Å². The molecule has 2 heteroatoms. The number of hydrogen-bond acceptors (Lipinski definition) is 0. The fraction of sp³-hybridized carbons (Fsp3) is 0.833. The molecule has 0 saturated carbocycles. The van der Waals surface area contributed by atoms with Crippen LogP contribution in [0.25, 0.3) is 0 Å². The molecule has 0 spiro atoms. The number of rotatable bonds is 3. The van der Waals surface area contributed by atoms with Crippen molar-refractivity contribution < 1.29 is 0 Å². The minimum Gasteiger partial charge on any atom is -0.122 e. The Kier molecular flexibility index (Phi) is 3.59. The van der Waals surface area contributed by atoms with Gasteiger partial charge in [-0.2, -0.15) is 0 Å². The highest BCUT2D eigenvalue weighted by atomic mass is 35.5. The van der Waals surface area contributed by atoms with Crippen LogP contribution in [-0.2, 0) is 0 Å². The van der Waals surface area contributed by atoms with E-state index in [9.17, 15) is 0 Å². The Morgan fingerprint density at radius 1 is 1.50 bits per heavy atom. The molecule has 2 aliphatic rings. The van der Waals surface area contributed by atoms with Crippen molar-refractivity contribution in [2.75, 3.05) is 5.88 Å². The van der Waals surface area contributed by atoms with E-state index in [0.29, 0.717) is 0 Å². The molecule has 0 N–H and O–H groups in total. The summed E-state index contributed by atoms with van der Waals surface area (Å²) in [5, 5.41) is 0. The van der Waals surface area contributed by atoms with Gasteiger partial charge in [-0.1, -0.05) is 44.0 Å². The van der Waals surface area contributed by atoms with Crippen molar-refractivity contribution >= 4 is 18.3 Å². The molecular formula is C12H20BCl. The lowest BCUT2D eigenvalue weighted by Gasteiger charge is -2.36. The van der Waals surface area contributed by atoms with Crippen LogP contribution in [-0.4, -0.2) is 12.6 Å². The van der Waals surface area contributed by atoms with Gasteiger partial charge in [-0.25, -0.2) is 0 Å². The monoisotopic (exact) mass is 210 g/mol. The van der Waals surface area contributed by atoms with E-state index in [2.05, 4.69) is 13.0 Å². The largest absolute Gasteiger partial charge is 0.140 e. The van der Waals surface area contributed by atoms with Crippen LogP contribution in [0.3, 0.4) is 0 Å².